The first kappa shape index (κ1) is 13.4. The lowest BCUT2D eigenvalue weighted by Gasteiger charge is -2.13. The predicted octanol–water partition coefficient (Wildman–Crippen LogP) is 2.69. The van der Waals surface area contributed by atoms with Crippen molar-refractivity contribution < 1.29 is 8.42 Å². The van der Waals surface area contributed by atoms with Crippen LogP contribution in [0.1, 0.15) is 11.1 Å². The van der Waals surface area contributed by atoms with E-state index >= 15 is 0 Å². The number of benzene rings is 2. The molecule has 4 nitrogen and oxygen atoms in total. The average Bonchev–Trinajstić information content (AvgIpc) is 2.35. The van der Waals surface area contributed by atoms with Crippen LogP contribution in [0.3, 0.4) is 0 Å². The second kappa shape index (κ2) is 4.93. The van der Waals surface area contributed by atoms with E-state index in [0.29, 0.717) is 16.9 Å². The van der Waals surface area contributed by atoms with E-state index in [1.165, 1.54) is 0 Å². The number of hydrogen-bond donors (Lipinski definition) is 2. The van der Waals surface area contributed by atoms with Gasteiger partial charge in [0.1, 0.15) is 0 Å². The molecule has 0 aliphatic rings. The lowest BCUT2D eigenvalue weighted by atomic mass is 10.2. The summed E-state index contributed by atoms with van der Waals surface area (Å²) in [5.41, 5.74) is 8.26. The van der Waals surface area contributed by atoms with Gasteiger partial charge in [-0.15, -0.1) is 0 Å². The molecular formula is C14H16N2O2S. The van der Waals surface area contributed by atoms with E-state index in [9.17, 15) is 8.42 Å². The highest BCUT2D eigenvalue weighted by Gasteiger charge is 2.17. The normalized spacial score (nSPS) is 11.3. The Labute approximate surface area is 113 Å². The van der Waals surface area contributed by atoms with E-state index in [2.05, 4.69) is 4.72 Å². The summed E-state index contributed by atoms with van der Waals surface area (Å²) in [5, 5.41) is 0. The van der Waals surface area contributed by atoms with Crippen molar-refractivity contribution in [2.75, 3.05) is 10.5 Å². The van der Waals surface area contributed by atoms with Crippen LogP contribution in [0.2, 0.25) is 0 Å². The zero-order chi connectivity index (χ0) is 14.0. The predicted molar refractivity (Wildman–Crippen MR) is 77.6 cm³/mol. The number of rotatable bonds is 3. The molecule has 2 aromatic rings. The van der Waals surface area contributed by atoms with Crippen molar-refractivity contribution in [1.82, 2.24) is 0 Å². The molecule has 0 radical (unpaired) electrons. The van der Waals surface area contributed by atoms with Crippen LogP contribution >= 0.6 is 0 Å². The summed E-state index contributed by atoms with van der Waals surface area (Å²) in [4.78, 5) is 0.275. The summed E-state index contributed by atoms with van der Waals surface area (Å²) in [6, 6.07) is 12.0. The zero-order valence-electron chi connectivity index (χ0n) is 10.8. The second-order valence-electron chi connectivity index (χ2n) is 4.39. The summed E-state index contributed by atoms with van der Waals surface area (Å²) in [6.45, 7) is 3.55. The van der Waals surface area contributed by atoms with E-state index in [0.717, 1.165) is 5.56 Å². The van der Waals surface area contributed by atoms with Gasteiger partial charge in [0.15, 0.2) is 0 Å². The molecule has 0 saturated carbocycles. The van der Waals surface area contributed by atoms with Gasteiger partial charge >= 0.3 is 0 Å². The molecule has 0 bridgehead atoms. The van der Waals surface area contributed by atoms with Crippen LogP contribution in [0.5, 0.6) is 0 Å². The van der Waals surface area contributed by atoms with Crippen molar-refractivity contribution >= 4 is 21.4 Å². The number of aryl methyl sites for hydroxylation is 1. The molecular weight excluding hydrogens is 260 g/mol. The van der Waals surface area contributed by atoms with Crippen LogP contribution in [-0.4, -0.2) is 8.42 Å². The number of anilines is 2. The zero-order valence-corrected chi connectivity index (χ0v) is 11.7. The maximum absolute atomic E-state index is 12.3. The number of nitrogen functional groups attached to an aromatic ring is 1. The van der Waals surface area contributed by atoms with Crippen molar-refractivity contribution in [3.63, 3.8) is 0 Å². The highest BCUT2D eigenvalue weighted by Crippen LogP contribution is 2.24. The Balaban J connectivity index is 2.43. The molecule has 0 aliphatic heterocycles. The molecule has 0 unspecified atom stereocenters. The molecule has 2 rings (SSSR count). The summed E-state index contributed by atoms with van der Waals surface area (Å²) in [7, 11) is -3.59. The number of hydrogen-bond acceptors (Lipinski definition) is 3. The van der Waals surface area contributed by atoms with Gasteiger partial charge in [0, 0.05) is 5.69 Å². The SMILES string of the molecule is Cc1ccccc1S(=O)(=O)Nc1cccc(N)c1C. The Morgan fingerprint density at radius 1 is 1.00 bits per heavy atom. The van der Waals surface area contributed by atoms with Gasteiger partial charge in [-0.3, -0.25) is 4.72 Å². The third-order valence-corrected chi connectivity index (χ3v) is 4.53. The van der Waals surface area contributed by atoms with Crippen LogP contribution in [0, 0.1) is 13.8 Å². The van der Waals surface area contributed by atoms with Crippen LogP contribution < -0.4 is 10.5 Å². The molecule has 0 spiro atoms. The molecule has 0 amide bonds. The van der Waals surface area contributed by atoms with Crippen molar-refractivity contribution in [2.45, 2.75) is 18.7 Å². The maximum Gasteiger partial charge on any atom is 0.262 e. The van der Waals surface area contributed by atoms with Gasteiger partial charge in [-0.25, -0.2) is 8.42 Å². The van der Waals surface area contributed by atoms with E-state index in [4.69, 9.17) is 5.73 Å². The minimum Gasteiger partial charge on any atom is -0.398 e. The second-order valence-corrected chi connectivity index (χ2v) is 6.04. The third kappa shape index (κ3) is 2.71. The van der Waals surface area contributed by atoms with E-state index in [1.54, 1.807) is 56.3 Å². The Bertz CT molecular complexity index is 709. The first-order valence-corrected chi connectivity index (χ1v) is 7.33. The Morgan fingerprint density at radius 3 is 2.37 bits per heavy atom. The van der Waals surface area contributed by atoms with Crippen LogP contribution in [0.4, 0.5) is 11.4 Å². The summed E-state index contributed by atoms with van der Waals surface area (Å²) in [5.74, 6) is 0. The Morgan fingerprint density at radius 2 is 1.68 bits per heavy atom. The van der Waals surface area contributed by atoms with Gasteiger partial charge in [0.2, 0.25) is 0 Å². The molecule has 19 heavy (non-hydrogen) atoms. The van der Waals surface area contributed by atoms with Crippen molar-refractivity contribution in [3.8, 4) is 0 Å². The quantitative estimate of drug-likeness (QED) is 0.847. The van der Waals surface area contributed by atoms with Crippen molar-refractivity contribution in [1.29, 1.82) is 0 Å². The smallest absolute Gasteiger partial charge is 0.262 e. The van der Waals surface area contributed by atoms with E-state index in [1.807, 2.05) is 0 Å². The molecule has 3 N–H and O–H groups in total. The summed E-state index contributed by atoms with van der Waals surface area (Å²) >= 11 is 0. The van der Waals surface area contributed by atoms with Gasteiger partial charge in [-0.2, -0.15) is 0 Å². The molecule has 0 atom stereocenters. The minimum absolute atomic E-state index is 0.275. The molecule has 0 fully saturated rings. The highest BCUT2D eigenvalue weighted by molar-refractivity contribution is 7.92. The van der Waals surface area contributed by atoms with Gasteiger partial charge in [0.05, 0.1) is 10.6 Å². The van der Waals surface area contributed by atoms with Crippen LogP contribution in [-0.2, 0) is 10.0 Å². The molecule has 5 heteroatoms. The molecule has 0 aliphatic carbocycles. The molecule has 0 aromatic heterocycles. The van der Waals surface area contributed by atoms with Gasteiger partial charge < -0.3 is 5.73 Å². The van der Waals surface area contributed by atoms with Crippen molar-refractivity contribution in [2.24, 2.45) is 0 Å². The number of nitrogens with two attached hydrogens (primary N) is 1. The van der Waals surface area contributed by atoms with Gasteiger partial charge in [-0.1, -0.05) is 24.3 Å². The fraction of sp³-hybridized carbons (Fsp3) is 0.143. The minimum atomic E-state index is -3.59. The fourth-order valence-electron chi connectivity index (χ4n) is 1.82. The lowest BCUT2D eigenvalue weighted by molar-refractivity contribution is 0.600. The lowest BCUT2D eigenvalue weighted by Crippen LogP contribution is -2.15. The topological polar surface area (TPSA) is 72.2 Å². The summed E-state index contributed by atoms with van der Waals surface area (Å²) < 4.78 is 27.2. The van der Waals surface area contributed by atoms with Gasteiger partial charge in [0.25, 0.3) is 10.0 Å². The fourth-order valence-corrected chi connectivity index (χ4v) is 3.19. The summed E-state index contributed by atoms with van der Waals surface area (Å²) in [6.07, 6.45) is 0. The maximum atomic E-state index is 12.3. The third-order valence-electron chi connectivity index (χ3n) is 3.00. The van der Waals surface area contributed by atoms with E-state index in [-0.39, 0.29) is 4.90 Å². The Hall–Kier alpha value is -2.01. The monoisotopic (exact) mass is 276 g/mol. The van der Waals surface area contributed by atoms with E-state index < -0.39 is 10.0 Å². The first-order valence-electron chi connectivity index (χ1n) is 5.85. The average molecular weight is 276 g/mol. The standard InChI is InChI=1S/C14H16N2O2S/c1-10-6-3-4-9-14(10)19(17,18)16-13-8-5-7-12(15)11(13)2/h3-9,16H,15H2,1-2H3. The van der Waals surface area contributed by atoms with Crippen molar-refractivity contribution in [3.05, 3.63) is 53.6 Å². The largest absolute Gasteiger partial charge is 0.398 e. The highest BCUT2D eigenvalue weighted by atomic mass is 32.2. The molecule has 0 saturated heterocycles. The molecule has 100 valence electrons. The molecule has 2 aromatic carbocycles. The van der Waals surface area contributed by atoms with Crippen LogP contribution in [0.15, 0.2) is 47.4 Å². The van der Waals surface area contributed by atoms with Crippen LogP contribution in [0.25, 0.3) is 0 Å². The van der Waals surface area contributed by atoms with Gasteiger partial charge in [-0.05, 0) is 43.2 Å². The molecule has 0 heterocycles. The number of nitrogens with one attached hydrogen (secondary N) is 1. The first-order chi connectivity index (χ1) is 8.92. The number of sulfonamides is 1. The Kier molecular flexibility index (Phi) is 3.48.